The van der Waals surface area contributed by atoms with E-state index in [2.05, 4.69) is 5.32 Å². The molecular weight excluding hydrogens is 354 g/mol. The fourth-order valence-corrected chi connectivity index (χ4v) is 3.99. The van der Waals surface area contributed by atoms with Crippen molar-refractivity contribution in [2.75, 3.05) is 13.1 Å². The molecule has 0 saturated carbocycles. The number of halogens is 1. The molecule has 136 valence electrons. The molecule has 0 unspecified atom stereocenters. The third kappa shape index (κ3) is 2.98. The van der Waals surface area contributed by atoms with E-state index in [9.17, 15) is 14.4 Å². The lowest BCUT2D eigenvalue weighted by Crippen LogP contribution is -2.64. The van der Waals surface area contributed by atoms with Gasteiger partial charge in [0, 0.05) is 24.7 Å². The van der Waals surface area contributed by atoms with Crippen molar-refractivity contribution in [1.29, 1.82) is 0 Å². The van der Waals surface area contributed by atoms with E-state index >= 15 is 0 Å². The highest BCUT2D eigenvalue weighted by atomic mass is 35.5. The summed E-state index contributed by atoms with van der Waals surface area (Å²) in [5, 5.41) is 3.50. The number of urea groups is 1. The molecule has 4 rings (SSSR count). The number of likely N-dealkylation sites (tertiary alicyclic amines) is 2. The molecule has 4 amide bonds. The van der Waals surface area contributed by atoms with Gasteiger partial charge in [0.15, 0.2) is 0 Å². The summed E-state index contributed by atoms with van der Waals surface area (Å²) < 4.78 is 0. The molecule has 0 radical (unpaired) electrons. The minimum atomic E-state index is -0.208. The second kappa shape index (κ2) is 6.76. The van der Waals surface area contributed by atoms with Crippen molar-refractivity contribution in [3.05, 3.63) is 47.0 Å². The zero-order chi connectivity index (χ0) is 18.3. The molecule has 2 atom stereocenters. The molecule has 0 bridgehead atoms. The van der Waals surface area contributed by atoms with Crippen LogP contribution in [0.25, 0.3) is 0 Å². The highest BCUT2D eigenvalue weighted by Gasteiger charge is 2.52. The first kappa shape index (κ1) is 17.1. The predicted molar refractivity (Wildman–Crippen MR) is 96.3 cm³/mol. The Morgan fingerprint density at radius 1 is 1.04 bits per heavy atom. The molecule has 7 heteroatoms. The maximum absolute atomic E-state index is 12.5. The van der Waals surface area contributed by atoms with Crippen LogP contribution in [0.15, 0.2) is 36.4 Å². The molecule has 2 heterocycles. The second-order valence-electron chi connectivity index (χ2n) is 7.05. The summed E-state index contributed by atoms with van der Waals surface area (Å²) in [5.74, 6) is -0.563. The number of fused-ring (bicyclic) bond motifs is 1. The molecular formula is C19H20ClN3O3. The van der Waals surface area contributed by atoms with E-state index in [1.165, 1.54) is 4.90 Å². The van der Waals surface area contributed by atoms with Crippen LogP contribution in [-0.4, -0.2) is 46.8 Å². The van der Waals surface area contributed by atoms with Crippen LogP contribution >= 0.6 is 11.6 Å². The van der Waals surface area contributed by atoms with Crippen molar-refractivity contribution in [3.63, 3.8) is 0 Å². The van der Waals surface area contributed by atoms with Gasteiger partial charge in [0.2, 0.25) is 11.8 Å². The number of allylic oxidation sites excluding steroid dienone is 2. The monoisotopic (exact) mass is 373 g/mol. The smallest absolute Gasteiger partial charge is 0.317 e. The van der Waals surface area contributed by atoms with E-state index in [1.54, 1.807) is 17.0 Å². The molecule has 26 heavy (non-hydrogen) atoms. The Hall–Kier alpha value is -2.34. The molecule has 6 nitrogen and oxygen atoms in total. The summed E-state index contributed by atoms with van der Waals surface area (Å²) in [6.07, 6.45) is 5.24. The van der Waals surface area contributed by atoms with Crippen LogP contribution in [0.3, 0.4) is 0 Å². The number of nitrogens with zero attached hydrogens (tertiary/aromatic N) is 2. The third-order valence-corrected chi connectivity index (χ3v) is 5.67. The molecule has 2 saturated heterocycles. The molecule has 1 aliphatic carbocycles. The minimum Gasteiger partial charge on any atom is -0.334 e. The fraction of sp³-hybridized carbons (Fsp3) is 0.421. The van der Waals surface area contributed by atoms with Gasteiger partial charge in [-0.15, -0.1) is 0 Å². The van der Waals surface area contributed by atoms with E-state index in [-0.39, 0.29) is 35.7 Å². The quantitative estimate of drug-likeness (QED) is 0.652. The van der Waals surface area contributed by atoms with Crippen molar-refractivity contribution < 1.29 is 14.4 Å². The Kier molecular flexibility index (Phi) is 4.44. The number of rotatable bonds is 3. The first-order valence-electron chi connectivity index (χ1n) is 8.83. The average Bonchev–Trinajstić information content (AvgIpc) is 2.86. The van der Waals surface area contributed by atoms with Crippen LogP contribution in [0.1, 0.15) is 18.4 Å². The SMILES string of the molecule is O=C(NCc1ccc(Cl)cc1)N1CC(N2C(=O)[C@H]3CC=CC[C@H]3C2=O)C1. The molecule has 2 fully saturated rings. The molecule has 1 aromatic rings. The lowest BCUT2D eigenvalue weighted by atomic mass is 9.85. The number of carbonyl (C=O) groups is 3. The van der Waals surface area contributed by atoms with Gasteiger partial charge in [-0.2, -0.15) is 0 Å². The molecule has 0 aromatic heterocycles. The van der Waals surface area contributed by atoms with Crippen molar-refractivity contribution in [2.24, 2.45) is 11.8 Å². The average molecular weight is 374 g/mol. The van der Waals surface area contributed by atoms with Gasteiger partial charge in [-0.1, -0.05) is 35.9 Å². The minimum absolute atomic E-state index is 0.0735. The Morgan fingerprint density at radius 3 is 2.19 bits per heavy atom. The lowest BCUT2D eigenvalue weighted by molar-refractivity contribution is -0.145. The van der Waals surface area contributed by atoms with E-state index in [0.717, 1.165) is 5.56 Å². The number of carbonyl (C=O) groups excluding carboxylic acids is 3. The fourth-order valence-electron chi connectivity index (χ4n) is 3.86. The highest BCUT2D eigenvalue weighted by molar-refractivity contribution is 6.30. The molecule has 1 N–H and O–H groups in total. The Balaban J connectivity index is 1.29. The number of imide groups is 1. The first-order valence-corrected chi connectivity index (χ1v) is 9.21. The van der Waals surface area contributed by atoms with Crippen LogP contribution < -0.4 is 5.32 Å². The number of hydrogen-bond donors (Lipinski definition) is 1. The topological polar surface area (TPSA) is 69.7 Å². The standard InChI is InChI=1S/C19H20ClN3O3/c20-13-7-5-12(6-8-13)9-21-19(26)22-10-14(11-22)23-17(24)15-3-1-2-4-16(15)18(23)25/h1-2,5-8,14-16H,3-4,9-11H2,(H,21,26)/t15-,16+. The number of amides is 4. The largest absolute Gasteiger partial charge is 0.334 e. The van der Waals surface area contributed by atoms with Crippen LogP contribution in [0.5, 0.6) is 0 Å². The Bertz CT molecular complexity index is 745. The number of nitrogens with one attached hydrogen (secondary N) is 1. The predicted octanol–water partition coefficient (Wildman–Crippen LogP) is 2.19. The number of benzene rings is 1. The normalized spacial score (nSPS) is 25.3. The number of hydrogen-bond acceptors (Lipinski definition) is 3. The summed E-state index contributed by atoms with van der Waals surface area (Å²) in [5.41, 5.74) is 0.960. The summed E-state index contributed by atoms with van der Waals surface area (Å²) in [6.45, 7) is 1.21. The van der Waals surface area contributed by atoms with Crippen LogP contribution in [0.4, 0.5) is 4.79 Å². The van der Waals surface area contributed by atoms with E-state index in [4.69, 9.17) is 11.6 Å². The Labute approximate surface area is 156 Å². The third-order valence-electron chi connectivity index (χ3n) is 5.41. The molecule has 1 aromatic carbocycles. The van der Waals surface area contributed by atoms with Crippen LogP contribution in [0, 0.1) is 11.8 Å². The van der Waals surface area contributed by atoms with Crippen molar-refractivity contribution >= 4 is 29.4 Å². The van der Waals surface area contributed by atoms with Gasteiger partial charge in [-0.05, 0) is 30.5 Å². The summed E-state index contributed by atoms with van der Waals surface area (Å²) in [4.78, 5) is 40.3. The zero-order valence-electron chi connectivity index (χ0n) is 14.2. The lowest BCUT2D eigenvalue weighted by Gasteiger charge is -2.43. The van der Waals surface area contributed by atoms with Crippen molar-refractivity contribution in [1.82, 2.24) is 15.1 Å². The van der Waals surface area contributed by atoms with Crippen molar-refractivity contribution in [3.8, 4) is 0 Å². The Morgan fingerprint density at radius 2 is 1.62 bits per heavy atom. The zero-order valence-corrected chi connectivity index (χ0v) is 15.0. The maximum Gasteiger partial charge on any atom is 0.317 e. The maximum atomic E-state index is 12.5. The van der Waals surface area contributed by atoms with E-state index in [0.29, 0.717) is 37.5 Å². The van der Waals surface area contributed by atoms with Gasteiger partial charge >= 0.3 is 6.03 Å². The molecule has 0 spiro atoms. The first-order chi connectivity index (χ1) is 12.5. The summed E-state index contributed by atoms with van der Waals surface area (Å²) >= 11 is 5.84. The van der Waals surface area contributed by atoms with E-state index in [1.807, 2.05) is 24.3 Å². The van der Waals surface area contributed by atoms with Gasteiger partial charge in [0.1, 0.15) is 0 Å². The summed E-state index contributed by atoms with van der Waals surface area (Å²) in [7, 11) is 0. The van der Waals surface area contributed by atoms with E-state index < -0.39 is 0 Å². The van der Waals surface area contributed by atoms with Gasteiger partial charge in [0.25, 0.3) is 0 Å². The summed E-state index contributed by atoms with van der Waals surface area (Å²) in [6, 6.07) is 6.90. The van der Waals surface area contributed by atoms with Crippen LogP contribution in [0.2, 0.25) is 5.02 Å². The van der Waals surface area contributed by atoms with Gasteiger partial charge < -0.3 is 10.2 Å². The molecule has 2 aliphatic heterocycles. The van der Waals surface area contributed by atoms with Crippen LogP contribution in [-0.2, 0) is 16.1 Å². The molecule has 3 aliphatic rings. The van der Waals surface area contributed by atoms with Gasteiger partial charge in [-0.3, -0.25) is 14.5 Å². The highest BCUT2D eigenvalue weighted by Crippen LogP contribution is 2.37. The van der Waals surface area contributed by atoms with Gasteiger partial charge in [0.05, 0.1) is 17.9 Å². The van der Waals surface area contributed by atoms with Gasteiger partial charge in [-0.25, -0.2) is 4.79 Å². The second-order valence-corrected chi connectivity index (χ2v) is 7.48. The van der Waals surface area contributed by atoms with Crippen molar-refractivity contribution in [2.45, 2.75) is 25.4 Å².